The van der Waals surface area contributed by atoms with Crippen LogP contribution < -0.4 is 24.8 Å². The van der Waals surface area contributed by atoms with Gasteiger partial charge in [0.2, 0.25) is 0 Å². The van der Waals surface area contributed by atoms with Crippen molar-refractivity contribution in [3.8, 4) is 0 Å². The van der Waals surface area contributed by atoms with Gasteiger partial charge in [0.05, 0.1) is 0 Å². The molecule has 3 aliphatic rings. The number of hydrogen-bond donors (Lipinski definition) is 0. The molecule has 0 aliphatic heterocycles. The van der Waals surface area contributed by atoms with Crippen molar-refractivity contribution in [2.75, 3.05) is 0 Å². The van der Waals surface area contributed by atoms with Gasteiger partial charge in [-0.05, 0) is 62.8 Å². The van der Waals surface area contributed by atoms with E-state index in [-0.39, 0.29) is 73.3 Å². The summed E-state index contributed by atoms with van der Waals surface area (Å²) in [5.41, 5.74) is 9.08. The molecule has 0 atom stereocenters. The SMILES string of the molecule is CC1=CCC(C2=C(C)C(C)=CC2)=C1C.[C-]1=CC=CC1.[CH3-].[CH3-].[CH3-].[Cl-].[Cl-].[Cl][Zr][Cl].[Zr+3].c1ccc2[cH-]ccc2c1. The standard InChI is InChI=1S/C14H18.C9H7.C5H5.3CH3.4ClH.2Zr/c1-9-5-7-13(11(9)3)14-8-6-10(2)12(14)4;1-2-5-9-7-3-6-8(9)4-1;1-2-4-5-3-1;;;;;;;;;/h5-6H,7-8H2,1-4H3;1-7H;1-3H,4H2;3*1H3;4*1H;;/q;5*-1;;;;;+2;+3/p-4. The minimum absolute atomic E-state index is 0. The molecule has 203 valence electrons. The van der Waals surface area contributed by atoms with Crippen molar-refractivity contribution >= 4 is 27.8 Å². The van der Waals surface area contributed by atoms with E-state index >= 15 is 0 Å². The molecule has 0 nitrogen and oxygen atoms in total. The zero-order valence-corrected chi connectivity index (χ0v) is 31.0. The van der Waals surface area contributed by atoms with Crippen LogP contribution in [-0.2, 0) is 47.1 Å². The zero-order chi connectivity index (χ0) is 22.6. The monoisotopic (exact) mass is 731 g/mol. The average molecular weight is 736 g/mol. The summed E-state index contributed by atoms with van der Waals surface area (Å²) >= 11 is -0.826. The Morgan fingerprint density at radius 2 is 1.30 bits per heavy atom. The van der Waals surface area contributed by atoms with E-state index in [1.165, 1.54) is 33.1 Å². The second-order valence-electron chi connectivity index (χ2n) is 7.62. The van der Waals surface area contributed by atoms with Crippen molar-refractivity contribution in [3.05, 3.63) is 135 Å². The third-order valence-electron chi connectivity index (χ3n) is 5.81. The summed E-state index contributed by atoms with van der Waals surface area (Å²) in [5.74, 6) is 0. The number of allylic oxidation sites excluding steroid dienone is 12. The third kappa shape index (κ3) is 15.5. The quantitative estimate of drug-likeness (QED) is 0.366. The molecule has 3 aliphatic carbocycles. The van der Waals surface area contributed by atoms with Crippen LogP contribution in [0.1, 0.15) is 47.0 Å². The first-order valence-corrected chi connectivity index (χ1v) is 16.8. The first-order chi connectivity index (χ1) is 15.0. The minimum Gasteiger partial charge on any atom is -0.168 e. The zero-order valence-electron chi connectivity index (χ0n) is 23.1. The summed E-state index contributed by atoms with van der Waals surface area (Å²) in [6.45, 7) is 8.94. The average Bonchev–Trinajstić information content (AvgIpc) is 3.57. The van der Waals surface area contributed by atoms with E-state index in [1.54, 1.807) is 11.1 Å². The molecule has 0 aromatic heterocycles. The van der Waals surface area contributed by atoms with Gasteiger partial charge in [0.1, 0.15) is 0 Å². The van der Waals surface area contributed by atoms with Gasteiger partial charge < -0.3 is 47.1 Å². The molecular weight excluding hydrogens is 697 g/mol. The molecule has 0 N–H and O–H groups in total. The fourth-order valence-corrected chi connectivity index (χ4v) is 3.71. The molecule has 0 heterocycles. The molecule has 0 saturated carbocycles. The molecule has 2 aromatic rings. The largest absolute Gasteiger partial charge is 3.00 e. The maximum absolute atomic E-state index is 4.93. The van der Waals surface area contributed by atoms with Crippen molar-refractivity contribution < 1.29 is 71.9 Å². The van der Waals surface area contributed by atoms with Crippen LogP contribution >= 0.6 is 17.0 Å². The fourth-order valence-electron chi connectivity index (χ4n) is 3.71. The van der Waals surface area contributed by atoms with Gasteiger partial charge in [0, 0.05) is 0 Å². The van der Waals surface area contributed by atoms with Crippen LogP contribution in [0.5, 0.6) is 0 Å². The molecule has 6 heteroatoms. The van der Waals surface area contributed by atoms with Gasteiger partial charge in [-0.2, -0.15) is 23.6 Å². The third-order valence-corrected chi connectivity index (χ3v) is 5.81. The Bertz CT molecular complexity index is 974. The summed E-state index contributed by atoms with van der Waals surface area (Å²) in [5, 5.41) is 2.66. The van der Waals surface area contributed by atoms with Gasteiger partial charge in [-0.3, -0.25) is 6.08 Å². The van der Waals surface area contributed by atoms with Crippen LogP contribution in [0.2, 0.25) is 0 Å². The Kier molecular flexibility index (Phi) is 33.6. The van der Waals surface area contributed by atoms with Crippen LogP contribution in [0.25, 0.3) is 10.8 Å². The predicted octanol–water partition coefficient (Wildman–Crippen LogP) is 4.92. The van der Waals surface area contributed by atoms with E-state index in [0.29, 0.717) is 0 Å². The number of rotatable bonds is 1. The summed E-state index contributed by atoms with van der Waals surface area (Å²) in [6, 6.07) is 14.7. The topological polar surface area (TPSA) is 0 Å². The van der Waals surface area contributed by atoms with Gasteiger partial charge in [-0.15, -0.1) is 36.1 Å². The predicted molar refractivity (Wildman–Crippen MR) is 154 cm³/mol. The van der Waals surface area contributed by atoms with Gasteiger partial charge >= 0.3 is 64.1 Å². The van der Waals surface area contributed by atoms with Crippen molar-refractivity contribution in [2.24, 2.45) is 0 Å². The van der Waals surface area contributed by atoms with Crippen molar-refractivity contribution in [1.29, 1.82) is 0 Å². The van der Waals surface area contributed by atoms with E-state index in [2.05, 4.69) is 94.5 Å². The maximum Gasteiger partial charge on any atom is 3.00 e. The number of fused-ring (bicyclic) bond motifs is 1. The molecule has 0 saturated heterocycles. The van der Waals surface area contributed by atoms with E-state index in [4.69, 9.17) is 17.0 Å². The number of benzene rings is 1. The summed E-state index contributed by atoms with van der Waals surface area (Å²) in [6.07, 6.45) is 17.0. The smallest absolute Gasteiger partial charge is 0.168 e. The van der Waals surface area contributed by atoms with Gasteiger partial charge in [0.15, 0.2) is 0 Å². The molecule has 0 unspecified atom stereocenters. The fraction of sp³-hybridized carbons (Fsp3) is 0.226. The van der Waals surface area contributed by atoms with Crippen LogP contribution in [-0.4, -0.2) is 0 Å². The van der Waals surface area contributed by atoms with Gasteiger partial charge in [-0.25, -0.2) is 12.2 Å². The Morgan fingerprint density at radius 3 is 1.62 bits per heavy atom. The van der Waals surface area contributed by atoms with Crippen molar-refractivity contribution in [3.63, 3.8) is 0 Å². The maximum atomic E-state index is 4.93. The van der Waals surface area contributed by atoms with Crippen LogP contribution in [0.4, 0.5) is 0 Å². The van der Waals surface area contributed by atoms with Crippen LogP contribution in [0.3, 0.4) is 0 Å². The summed E-state index contributed by atoms with van der Waals surface area (Å²) in [7, 11) is 9.87. The van der Waals surface area contributed by atoms with E-state index < -0.39 is 20.8 Å². The Morgan fingerprint density at radius 1 is 0.811 bits per heavy atom. The first kappa shape index (κ1) is 47.0. The van der Waals surface area contributed by atoms with Crippen molar-refractivity contribution in [1.82, 2.24) is 0 Å². The molecule has 0 fully saturated rings. The second-order valence-corrected chi connectivity index (χ2v) is 11.4. The molecule has 0 amide bonds. The van der Waals surface area contributed by atoms with Crippen LogP contribution in [0, 0.1) is 28.4 Å². The Hall–Kier alpha value is 0.196. The molecular formula is C31H39Cl4Zr2-4. The van der Waals surface area contributed by atoms with Gasteiger partial charge in [0.25, 0.3) is 0 Å². The second kappa shape index (κ2) is 26.4. The molecule has 1 radical (unpaired) electrons. The van der Waals surface area contributed by atoms with E-state index in [0.717, 1.165) is 19.3 Å². The van der Waals surface area contributed by atoms with Gasteiger partial charge in [-0.1, -0.05) is 29.4 Å². The molecule has 0 bridgehead atoms. The van der Waals surface area contributed by atoms with Crippen molar-refractivity contribution in [2.45, 2.75) is 47.0 Å². The van der Waals surface area contributed by atoms with Crippen LogP contribution in [0.15, 0.2) is 106 Å². The number of halogens is 4. The van der Waals surface area contributed by atoms with E-state index in [9.17, 15) is 0 Å². The normalized spacial score (nSPS) is 13.6. The Balaban J connectivity index is -0.000000131. The molecule has 0 spiro atoms. The Labute approximate surface area is 278 Å². The molecule has 2 aromatic carbocycles. The molecule has 5 rings (SSSR count). The molecule has 37 heavy (non-hydrogen) atoms. The minimum atomic E-state index is -0.826. The number of hydrogen-bond acceptors (Lipinski definition) is 0. The summed E-state index contributed by atoms with van der Waals surface area (Å²) in [4.78, 5) is 0. The first-order valence-electron chi connectivity index (χ1n) is 10.5. The van der Waals surface area contributed by atoms with E-state index in [1.807, 2.05) is 12.2 Å². The summed E-state index contributed by atoms with van der Waals surface area (Å²) < 4.78 is 0.